The zero-order valence-corrected chi connectivity index (χ0v) is 9.41. The Morgan fingerprint density at radius 3 is 2.13 bits per heavy atom. The molecule has 5 heteroatoms. The van der Waals surface area contributed by atoms with Crippen molar-refractivity contribution in [2.45, 2.75) is 12.2 Å². The highest BCUT2D eigenvalue weighted by Crippen LogP contribution is 2.11. The molecular weight excluding hydrogens is 214 g/mol. The first kappa shape index (κ1) is 11.7. The van der Waals surface area contributed by atoms with Crippen LogP contribution in [0, 0.1) is 0 Å². The molecule has 0 aliphatic rings. The van der Waals surface area contributed by atoms with Gasteiger partial charge in [-0.05, 0) is 31.2 Å². The number of hydrogen-bond donors (Lipinski definition) is 1. The van der Waals surface area contributed by atoms with Crippen LogP contribution in [0.3, 0.4) is 0 Å². The second-order valence-electron chi connectivity index (χ2n) is 3.46. The smallest absolute Gasteiger partial charge is 0.180 e. The summed E-state index contributed by atoms with van der Waals surface area (Å²) in [6.07, 6.45) is 1.05. The highest BCUT2D eigenvalue weighted by Gasteiger charge is 2.24. The van der Waals surface area contributed by atoms with Crippen LogP contribution in [0.1, 0.15) is 17.3 Å². The van der Waals surface area contributed by atoms with Crippen LogP contribution in [0.15, 0.2) is 24.3 Å². The van der Waals surface area contributed by atoms with Crippen molar-refractivity contribution in [2.75, 3.05) is 12.0 Å². The van der Waals surface area contributed by atoms with E-state index in [1.54, 1.807) is 12.1 Å². The lowest BCUT2D eigenvalue weighted by Crippen LogP contribution is -2.26. The van der Waals surface area contributed by atoms with Crippen molar-refractivity contribution in [3.05, 3.63) is 29.8 Å². The topological polar surface area (TPSA) is 77.2 Å². The van der Waals surface area contributed by atoms with Crippen LogP contribution in [0.25, 0.3) is 0 Å². The molecule has 1 unspecified atom stereocenters. The van der Waals surface area contributed by atoms with E-state index >= 15 is 0 Å². The zero-order valence-electron chi connectivity index (χ0n) is 8.60. The van der Waals surface area contributed by atoms with Crippen molar-refractivity contribution >= 4 is 21.3 Å². The van der Waals surface area contributed by atoms with Crippen molar-refractivity contribution in [1.82, 2.24) is 0 Å². The maximum absolute atomic E-state index is 11.7. The van der Waals surface area contributed by atoms with E-state index in [0.29, 0.717) is 11.3 Å². The number of rotatable bonds is 3. The molecule has 0 amide bonds. The first-order chi connectivity index (χ1) is 6.82. The fraction of sp³-hybridized carbons (Fsp3) is 0.300. The highest BCUT2D eigenvalue weighted by atomic mass is 32.2. The third-order valence-corrected chi connectivity index (χ3v) is 3.71. The average Bonchev–Trinajstić information content (AvgIpc) is 2.15. The minimum atomic E-state index is -3.34. The van der Waals surface area contributed by atoms with Crippen LogP contribution in [0.5, 0.6) is 0 Å². The fourth-order valence-electron chi connectivity index (χ4n) is 1.08. The molecule has 1 aromatic carbocycles. The van der Waals surface area contributed by atoms with Gasteiger partial charge in [0.15, 0.2) is 15.6 Å². The molecule has 0 spiro atoms. The van der Waals surface area contributed by atoms with E-state index in [-0.39, 0.29) is 0 Å². The minimum absolute atomic E-state index is 0.363. The maximum Gasteiger partial charge on any atom is 0.180 e. The van der Waals surface area contributed by atoms with E-state index in [2.05, 4.69) is 0 Å². The SMILES string of the molecule is CC(C(=O)c1ccc(N)cc1)S(C)(=O)=O. The van der Waals surface area contributed by atoms with Gasteiger partial charge in [-0.25, -0.2) is 8.42 Å². The van der Waals surface area contributed by atoms with E-state index in [1.807, 2.05) is 0 Å². The third kappa shape index (κ3) is 2.79. The van der Waals surface area contributed by atoms with Gasteiger partial charge in [0.1, 0.15) is 5.25 Å². The van der Waals surface area contributed by atoms with E-state index in [9.17, 15) is 13.2 Å². The molecule has 0 aliphatic heterocycles. The summed E-state index contributed by atoms with van der Waals surface area (Å²) in [5, 5.41) is -1.01. The summed E-state index contributed by atoms with van der Waals surface area (Å²) >= 11 is 0. The van der Waals surface area contributed by atoms with E-state index in [0.717, 1.165) is 6.26 Å². The number of nitrogen functional groups attached to an aromatic ring is 1. The molecule has 82 valence electrons. The molecule has 2 N–H and O–H groups in total. The number of carbonyl (C=O) groups is 1. The Bertz CT molecular complexity index is 462. The predicted molar refractivity (Wildman–Crippen MR) is 59.5 cm³/mol. The summed E-state index contributed by atoms with van der Waals surface area (Å²) in [7, 11) is -3.34. The molecular formula is C10H13NO3S. The number of Topliss-reactive ketones (excluding diaryl/α,β-unsaturated/α-hetero) is 1. The van der Waals surface area contributed by atoms with Gasteiger partial charge in [-0.2, -0.15) is 0 Å². The standard InChI is InChI=1S/C10H13NO3S/c1-7(15(2,13)14)10(12)8-3-5-9(11)6-4-8/h3-7H,11H2,1-2H3. The van der Waals surface area contributed by atoms with Crippen molar-refractivity contribution in [3.63, 3.8) is 0 Å². The summed E-state index contributed by atoms with van der Waals surface area (Å²) in [4.78, 5) is 11.7. The Morgan fingerprint density at radius 2 is 1.73 bits per heavy atom. The lowest BCUT2D eigenvalue weighted by Gasteiger charge is -2.08. The molecule has 1 atom stereocenters. The molecule has 0 radical (unpaired) electrons. The van der Waals surface area contributed by atoms with Gasteiger partial charge in [0.05, 0.1) is 0 Å². The summed E-state index contributed by atoms with van der Waals surface area (Å²) in [5.74, 6) is -0.405. The Morgan fingerprint density at radius 1 is 1.27 bits per heavy atom. The minimum Gasteiger partial charge on any atom is -0.399 e. The van der Waals surface area contributed by atoms with Crippen LogP contribution in [-0.4, -0.2) is 25.7 Å². The number of nitrogens with two attached hydrogens (primary N) is 1. The normalized spacial score (nSPS) is 13.5. The van der Waals surface area contributed by atoms with Crippen molar-refractivity contribution in [3.8, 4) is 0 Å². The van der Waals surface area contributed by atoms with Gasteiger partial charge in [-0.1, -0.05) is 0 Å². The fourth-order valence-corrected chi connectivity index (χ4v) is 1.60. The predicted octanol–water partition coefficient (Wildman–Crippen LogP) is 0.885. The average molecular weight is 227 g/mol. The number of ketones is 1. The summed E-state index contributed by atoms with van der Waals surface area (Å²) < 4.78 is 22.3. The van der Waals surface area contributed by atoms with E-state index in [1.165, 1.54) is 19.1 Å². The van der Waals surface area contributed by atoms with Crippen molar-refractivity contribution in [1.29, 1.82) is 0 Å². The summed E-state index contributed by atoms with van der Waals surface area (Å²) in [5.41, 5.74) is 6.36. The number of sulfone groups is 1. The molecule has 0 saturated carbocycles. The van der Waals surface area contributed by atoms with Gasteiger partial charge < -0.3 is 5.73 Å². The lowest BCUT2D eigenvalue weighted by atomic mass is 10.1. The molecule has 0 aliphatic carbocycles. The number of anilines is 1. The Balaban J connectivity index is 3.01. The van der Waals surface area contributed by atoms with Gasteiger partial charge in [0, 0.05) is 17.5 Å². The van der Waals surface area contributed by atoms with Crippen molar-refractivity contribution < 1.29 is 13.2 Å². The third-order valence-electron chi connectivity index (χ3n) is 2.21. The molecule has 4 nitrogen and oxygen atoms in total. The van der Waals surface area contributed by atoms with Gasteiger partial charge in [-0.15, -0.1) is 0 Å². The van der Waals surface area contributed by atoms with Gasteiger partial charge >= 0.3 is 0 Å². The Hall–Kier alpha value is -1.36. The molecule has 0 bridgehead atoms. The van der Waals surface area contributed by atoms with Gasteiger partial charge in [0.25, 0.3) is 0 Å². The molecule has 0 heterocycles. The van der Waals surface area contributed by atoms with Crippen LogP contribution < -0.4 is 5.73 Å². The van der Waals surface area contributed by atoms with Crippen LogP contribution in [-0.2, 0) is 9.84 Å². The summed E-state index contributed by atoms with van der Waals surface area (Å²) in [6, 6.07) is 6.20. The molecule has 0 saturated heterocycles. The highest BCUT2D eigenvalue weighted by molar-refractivity contribution is 7.92. The van der Waals surface area contributed by atoms with E-state index in [4.69, 9.17) is 5.73 Å². The van der Waals surface area contributed by atoms with Gasteiger partial charge in [0.2, 0.25) is 0 Å². The largest absolute Gasteiger partial charge is 0.399 e. The molecule has 0 aromatic heterocycles. The lowest BCUT2D eigenvalue weighted by molar-refractivity contribution is 0.0991. The number of carbonyl (C=O) groups excluding carboxylic acids is 1. The first-order valence-corrected chi connectivity index (χ1v) is 6.36. The monoisotopic (exact) mass is 227 g/mol. The van der Waals surface area contributed by atoms with Crippen LogP contribution in [0.2, 0.25) is 0 Å². The quantitative estimate of drug-likeness (QED) is 0.614. The van der Waals surface area contributed by atoms with E-state index < -0.39 is 20.9 Å². The molecule has 15 heavy (non-hydrogen) atoms. The number of hydrogen-bond acceptors (Lipinski definition) is 4. The molecule has 0 fully saturated rings. The number of benzene rings is 1. The molecule has 1 rings (SSSR count). The second kappa shape index (κ2) is 4.02. The Kier molecular flexibility index (Phi) is 3.14. The van der Waals surface area contributed by atoms with Crippen LogP contribution >= 0.6 is 0 Å². The van der Waals surface area contributed by atoms with Crippen LogP contribution in [0.4, 0.5) is 5.69 Å². The van der Waals surface area contributed by atoms with Crippen molar-refractivity contribution in [2.24, 2.45) is 0 Å². The van der Waals surface area contributed by atoms with Gasteiger partial charge in [-0.3, -0.25) is 4.79 Å². The first-order valence-electron chi connectivity index (χ1n) is 4.41. The zero-order chi connectivity index (χ0) is 11.6. The summed E-state index contributed by atoms with van der Waals surface area (Å²) in [6.45, 7) is 1.38. The maximum atomic E-state index is 11.7. The second-order valence-corrected chi connectivity index (χ2v) is 5.82. The molecule has 1 aromatic rings. The Labute approximate surface area is 89.0 Å².